The van der Waals surface area contributed by atoms with Gasteiger partial charge in [-0.15, -0.1) is 0 Å². The van der Waals surface area contributed by atoms with Crippen LogP contribution in [0.5, 0.6) is 0 Å². The van der Waals surface area contributed by atoms with Gasteiger partial charge >= 0.3 is 5.97 Å². The zero-order valence-corrected chi connectivity index (χ0v) is 11.0. The normalized spacial score (nSPS) is 25.8. The molecule has 3 nitrogen and oxygen atoms in total. The number of methoxy groups -OCH3 is 1. The molecule has 0 aromatic carbocycles. The van der Waals surface area contributed by atoms with Gasteiger partial charge in [-0.3, -0.25) is 0 Å². The Morgan fingerprint density at radius 2 is 2.38 bits per heavy atom. The minimum Gasteiger partial charge on any atom is -0.466 e. The Labute approximate surface area is 102 Å². The van der Waals surface area contributed by atoms with E-state index in [1.54, 1.807) is 0 Å². The van der Waals surface area contributed by atoms with Gasteiger partial charge in [0.25, 0.3) is 0 Å². The summed E-state index contributed by atoms with van der Waals surface area (Å²) in [7, 11) is 1.42. The van der Waals surface area contributed by atoms with E-state index < -0.39 is 0 Å². The molecule has 2 unspecified atom stereocenters. The summed E-state index contributed by atoms with van der Waals surface area (Å²) in [6.45, 7) is 4.93. The van der Waals surface area contributed by atoms with Gasteiger partial charge in [0.15, 0.2) is 0 Å². The molecule has 0 N–H and O–H groups in total. The molecule has 1 rings (SSSR count). The van der Waals surface area contributed by atoms with E-state index in [-0.39, 0.29) is 5.97 Å². The molecule has 16 heavy (non-hydrogen) atoms. The zero-order valence-electron chi connectivity index (χ0n) is 10.2. The lowest BCUT2D eigenvalue weighted by Gasteiger charge is -2.12. The van der Waals surface area contributed by atoms with Gasteiger partial charge in [0.1, 0.15) is 0 Å². The van der Waals surface area contributed by atoms with Crippen molar-refractivity contribution in [3.63, 3.8) is 0 Å². The largest absolute Gasteiger partial charge is 0.466 e. The second-order valence-electron chi connectivity index (χ2n) is 3.81. The Morgan fingerprint density at radius 3 is 2.88 bits per heavy atom. The second kappa shape index (κ2) is 6.97. The molecule has 4 heteroatoms. The monoisotopic (exact) mass is 244 g/mol. The van der Waals surface area contributed by atoms with Gasteiger partial charge < -0.3 is 9.47 Å². The fraction of sp³-hybridized carbons (Fsp3) is 0.750. The highest BCUT2D eigenvalue weighted by Crippen LogP contribution is 2.26. The first-order valence-corrected chi connectivity index (χ1v) is 6.74. The van der Waals surface area contributed by atoms with Crippen molar-refractivity contribution in [2.75, 3.05) is 19.5 Å². The second-order valence-corrected chi connectivity index (χ2v) is 5.08. The standard InChI is InChI=1S/C12H20O3S/c1-4-10(12(13)14-3)6-8-16-11-5-7-15-9(11)2/h6,9,11H,4-5,7-8H2,1-3H3. The number of ether oxygens (including phenoxy) is 2. The van der Waals surface area contributed by atoms with Crippen molar-refractivity contribution in [3.8, 4) is 0 Å². The van der Waals surface area contributed by atoms with Crippen molar-refractivity contribution in [2.45, 2.75) is 38.0 Å². The van der Waals surface area contributed by atoms with Gasteiger partial charge in [-0.05, 0) is 19.8 Å². The molecule has 0 aromatic rings. The quantitative estimate of drug-likeness (QED) is 0.549. The van der Waals surface area contributed by atoms with E-state index >= 15 is 0 Å². The van der Waals surface area contributed by atoms with Crippen LogP contribution < -0.4 is 0 Å². The van der Waals surface area contributed by atoms with Crippen LogP contribution >= 0.6 is 11.8 Å². The number of hydrogen-bond acceptors (Lipinski definition) is 4. The number of carbonyl (C=O) groups excluding carboxylic acids is 1. The summed E-state index contributed by atoms with van der Waals surface area (Å²) in [5.41, 5.74) is 0.765. The van der Waals surface area contributed by atoms with E-state index in [0.29, 0.717) is 11.4 Å². The van der Waals surface area contributed by atoms with Crippen LogP contribution in [0.15, 0.2) is 11.6 Å². The average Bonchev–Trinajstić information content (AvgIpc) is 2.69. The first-order chi connectivity index (χ1) is 7.69. The fourth-order valence-electron chi connectivity index (χ4n) is 1.71. The smallest absolute Gasteiger partial charge is 0.333 e. The van der Waals surface area contributed by atoms with Crippen molar-refractivity contribution in [1.29, 1.82) is 0 Å². The van der Waals surface area contributed by atoms with Crippen molar-refractivity contribution in [1.82, 2.24) is 0 Å². The molecule has 1 aliphatic heterocycles. The van der Waals surface area contributed by atoms with Crippen LogP contribution in [0.3, 0.4) is 0 Å². The van der Waals surface area contributed by atoms with Crippen LogP contribution in [0.4, 0.5) is 0 Å². The summed E-state index contributed by atoms with van der Waals surface area (Å²) in [5.74, 6) is 0.648. The molecular weight excluding hydrogens is 224 g/mol. The summed E-state index contributed by atoms with van der Waals surface area (Å²) in [6.07, 6.45) is 4.15. The van der Waals surface area contributed by atoms with Crippen molar-refractivity contribution in [3.05, 3.63) is 11.6 Å². The van der Waals surface area contributed by atoms with Crippen LogP contribution in [0.2, 0.25) is 0 Å². The van der Waals surface area contributed by atoms with Crippen LogP contribution in [-0.4, -0.2) is 36.8 Å². The molecular formula is C12H20O3S. The Balaban J connectivity index is 2.36. The molecule has 1 fully saturated rings. The predicted octanol–water partition coefficient (Wildman–Crippen LogP) is 2.41. The van der Waals surface area contributed by atoms with Crippen molar-refractivity contribution >= 4 is 17.7 Å². The minimum absolute atomic E-state index is 0.209. The van der Waals surface area contributed by atoms with E-state index in [2.05, 4.69) is 6.92 Å². The molecule has 0 aromatic heterocycles. The van der Waals surface area contributed by atoms with E-state index in [1.807, 2.05) is 24.8 Å². The van der Waals surface area contributed by atoms with Crippen LogP contribution in [0.1, 0.15) is 26.7 Å². The average molecular weight is 244 g/mol. The molecule has 1 heterocycles. The summed E-state index contributed by atoms with van der Waals surface area (Å²) >= 11 is 1.85. The van der Waals surface area contributed by atoms with Crippen molar-refractivity contribution < 1.29 is 14.3 Å². The third kappa shape index (κ3) is 3.83. The molecule has 0 bridgehead atoms. The first-order valence-electron chi connectivity index (χ1n) is 5.69. The molecule has 2 atom stereocenters. The van der Waals surface area contributed by atoms with Gasteiger partial charge in [0.2, 0.25) is 0 Å². The molecule has 0 amide bonds. The molecule has 0 radical (unpaired) electrons. The number of rotatable bonds is 5. The van der Waals surface area contributed by atoms with Gasteiger partial charge in [0, 0.05) is 23.2 Å². The molecule has 0 spiro atoms. The fourth-order valence-corrected chi connectivity index (χ4v) is 2.86. The predicted molar refractivity (Wildman–Crippen MR) is 66.7 cm³/mol. The summed E-state index contributed by atoms with van der Waals surface area (Å²) in [4.78, 5) is 11.3. The number of hydrogen-bond donors (Lipinski definition) is 0. The van der Waals surface area contributed by atoms with E-state index in [4.69, 9.17) is 9.47 Å². The van der Waals surface area contributed by atoms with Crippen LogP contribution in [-0.2, 0) is 14.3 Å². The maximum absolute atomic E-state index is 11.3. The summed E-state index contributed by atoms with van der Waals surface area (Å²) in [5, 5.41) is 0.562. The van der Waals surface area contributed by atoms with Gasteiger partial charge in [-0.1, -0.05) is 13.0 Å². The molecule has 0 saturated carbocycles. The molecule has 1 saturated heterocycles. The minimum atomic E-state index is -0.209. The highest BCUT2D eigenvalue weighted by molar-refractivity contribution is 8.00. The van der Waals surface area contributed by atoms with Crippen LogP contribution in [0, 0.1) is 0 Å². The van der Waals surface area contributed by atoms with Gasteiger partial charge in [-0.25, -0.2) is 4.79 Å². The van der Waals surface area contributed by atoms with Crippen molar-refractivity contribution in [2.24, 2.45) is 0 Å². The topological polar surface area (TPSA) is 35.5 Å². The van der Waals surface area contributed by atoms with E-state index in [9.17, 15) is 4.79 Å². The Hall–Kier alpha value is -0.480. The SMILES string of the molecule is CCC(=CCSC1CCOC1C)C(=O)OC. The third-order valence-corrected chi connectivity index (χ3v) is 4.18. The highest BCUT2D eigenvalue weighted by atomic mass is 32.2. The Kier molecular flexibility index (Phi) is 5.91. The lowest BCUT2D eigenvalue weighted by Crippen LogP contribution is -2.13. The lowest BCUT2D eigenvalue weighted by atomic mass is 10.2. The number of esters is 1. The van der Waals surface area contributed by atoms with Gasteiger partial charge in [0.05, 0.1) is 13.2 Å². The molecule has 92 valence electrons. The molecule has 0 aliphatic carbocycles. The van der Waals surface area contributed by atoms with E-state index in [1.165, 1.54) is 7.11 Å². The molecule has 1 aliphatic rings. The Bertz CT molecular complexity index is 263. The highest BCUT2D eigenvalue weighted by Gasteiger charge is 2.23. The lowest BCUT2D eigenvalue weighted by molar-refractivity contribution is -0.136. The van der Waals surface area contributed by atoms with Crippen LogP contribution in [0.25, 0.3) is 0 Å². The zero-order chi connectivity index (χ0) is 12.0. The first kappa shape index (κ1) is 13.6. The number of carbonyl (C=O) groups is 1. The summed E-state index contributed by atoms with van der Waals surface area (Å²) < 4.78 is 10.2. The number of thioether (sulfide) groups is 1. The van der Waals surface area contributed by atoms with Gasteiger partial charge in [-0.2, -0.15) is 11.8 Å². The van der Waals surface area contributed by atoms with E-state index in [0.717, 1.165) is 30.8 Å². The maximum atomic E-state index is 11.3. The summed E-state index contributed by atoms with van der Waals surface area (Å²) in [6, 6.07) is 0. The maximum Gasteiger partial charge on any atom is 0.333 e. The Morgan fingerprint density at radius 1 is 1.62 bits per heavy atom. The third-order valence-electron chi connectivity index (χ3n) is 2.78.